The molecule has 0 aliphatic carbocycles. The number of carbonyl (C=O) groups is 1. The lowest BCUT2D eigenvalue weighted by Gasteiger charge is -2.22. The number of nitrogens with zero attached hydrogens (tertiary/aromatic N) is 3. The monoisotopic (exact) mass is 392 g/mol. The Labute approximate surface area is 159 Å². The Kier molecular flexibility index (Phi) is 5.01. The largest absolute Gasteiger partial charge is 0.444 e. The van der Waals surface area contributed by atoms with Crippen molar-refractivity contribution in [3.63, 3.8) is 0 Å². The quantitative estimate of drug-likeness (QED) is 0.716. The molecule has 0 unspecified atom stereocenters. The number of carbonyl (C=O) groups excluding carboxylic acids is 1. The van der Waals surface area contributed by atoms with Crippen LogP contribution in [0.1, 0.15) is 39.6 Å². The molecule has 0 aliphatic rings. The van der Waals surface area contributed by atoms with E-state index in [0.29, 0.717) is 0 Å². The summed E-state index contributed by atoms with van der Waals surface area (Å²) in [7, 11) is 0. The van der Waals surface area contributed by atoms with Gasteiger partial charge in [0.1, 0.15) is 17.2 Å². The van der Waals surface area contributed by atoms with Crippen molar-refractivity contribution >= 4 is 17.1 Å². The lowest BCUT2D eigenvalue weighted by atomic mass is 10.2. The van der Waals surface area contributed by atoms with Gasteiger partial charge in [0.25, 0.3) is 0 Å². The summed E-state index contributed by atoms with van der Waals surface area (Å²) in [6.07, 6.45) is 1.69. The zero-order valence-corrected chi connectivity index (χ0v) is 15.8. The van der Waals surface area contributed by atoms with Crippen LogP contribution in [-0.4, -0.2) is 26.2 Å². The van der Waals surface area contributed by atoms with Crippen molar-refractivity contribution in [2.24, 2.45) is 0 Å². The summed E-state index contributed by atoms with van der Waals surface area (Å²) in [5, 5.41) is 2.62. The van der Waals surface area contributed by atoms with E-state index in [2.05, 4.69) is 15.3 Å². The van der Waals surface area contributed by atoms with Gasteiger partial charge < -0.3 is 10.1 Å². The minimum absolute atomic E-state index is 0.149. The summed E-state index contributed by atoms with van der Waals surface area (Å²) in [4.78, 5) is 20.2. The topological polar surface area (TPSA) is 69.0 Å². The van der Waals surface area contributed by atoms with Crippen molar-refractivity contribution in [3.05, 3.63) is 53.9 Å². The third kappa shape index (κ3) is 4.08. The minimum atomic E-state index is -1.07. The second kappa shape index (κ2) is 7.14. The average Bonchev–Trinajstić information content (AvgIpc) is 2.92. The molecule has 1 amide bonds. The SMILES string of the molecule is C[C@H](NC(=O)OC(C)(C)C)c1nc2cc(F)c(F)cc2n1-c1cncc(F)c1. The molecule has 3 aromatic rings. The highest BCUT2D eigenvalue weighted by Gasteiger charge is 2.24. The fourth-order valence-corrected chi connectivity index (χ4v) is 2.72. The molecule has 0 fully saturated rings. The summed E-state index contributed by atoms with van der Waals surface area (Å²) in [6.45, 7) is 6.78. The summed E-state index contributed by atoms with van der Waals surface area (Å²) >= 11 is 0. The lowest BCUT2D eigenvalue weighted by Crippen LogP contribution is -2.34. The molecule has 0 aliphatic heterocycles. The number of alkyl carbamates (subject to hydrolysis) is 1. The smallest absolute Gasteiger partial charge is 0.408 e. The van der Waals surface area contributed by atoms with E-state index in [9.17, 15) is 18.0 Å². The summed E-state index contributed by atoms with van der Waals surface area (Å²) in [5.74, 6) is -2.51. The molecule has 1 atom stereocenters. The van der Waals surface area contributed by atoms with Crippen molar-refractivity contribution in [3.8, 4) is 5.69 Å². The van der Waals surface area contributed by atoms with Crippen LogP contribution in [0.25, 0.3) is 16.7 Å². The lowest BCUT2D eigenvalue weighted by molar-refractivity contribution is 0.0505. The molecule has 28 heavy (non-hydrogen) atoms. The maximum Gasteiger partial charge on any atom is 0.408 e. The Morgan fingerprint density at radius 3 is 2.46 bits per heavy atom. The molecule has 0 saturated carbocycles. The fourth-order valence-electron chi connectivity index (χ4n) is 2.72. The van der Waals surface area contributed by atoms with Gasteiger partial charge in [0.05, 0.1) is 35.2 Å². The van der Waals surface area contributed by atoms with Crippen LogP contribution in [0.2, 0.25) is 0 Å². The first-order valence-electron chi connectivity index (χ1n) is 8.53. The highest BCUT2D eigenvalue weighted by Crippen LogP contribution is 2.27. The van der Waals surface area contributed by atoms with Crippen LogP contribution < -0.4 is 5.32 Å². The molecule has 6 nitrogen and oxygen atoms in total. The standard InChI is InChI=1S/C19H19F3N4O2/c1-10(24-18(27)28-19(2,3)4)17-25-15-6-13(21)14(22)7-16(15)26(17)12-5-11(20)8-23-9-12/h5-10H,1-4H3,(H,24,27)/t10-/m0/s1. The van der Waals surface area contributed by atoms with Gasteiger partial charge in [-0.25, -0.2) is 22.9 Å². The van der Waals surface area contributed by atoms with Crippen LogP contribution in [0.3, 0.4) is 0 Å². The van der Waals surface area contributed by atoms with Crippen LogP contribution in [0.4, 0.5) is 18.0 Å². The van der Waals surface area contributed by atoms with Gasteiger partial charge in [-0.2, -0.15) is 0 Å². The average molecular weight is 392 g/mol. The first-order valence-corrected chi connectivity index (χ1v) is 8.53. The molecule has 3 rings (SSSR count). The van der Waals surface area contributed by atoms with Gasteiger partial charge >= 0.3 is 6.09 Å². The molecule has 9 heteroatoms. The number of fused-ring (bicyclic) bond motifs is 1. The highest BCUT2D eigenvalue weighted by atomic mass is 19.2. The van der Waals surface area contributed by atoms with Crippen LogP contribution in [0.15, 0.2) is 30.6 Å². The van der Waals surface area contributed by atoms with Gasteiger partial charge in [0, 0.05) is 18.2 Å². The third-order valence-electron chi connectivity index (χ3n) is 3.79. The number of nitrogens with one attached hydrogen (secondary N) is 1. The van der Waals surface area contributed by atoms with Crippen molar-refractivity contribution < 1.29 is 22.7 Å². The molecule has 1 aromatic carbocycles. The van der Waals surface area contributed by atoms with Crippen LogP contribution in [0, 0.1) is 17.5 Å². The number of hydrogen-bond donors (Lipinski definition) is 1. The van der Waals surface area contributed by atoms with Crippen molar-refractivity contribution in [1.29, 1.82) is 0 Å². The molecule has 148 valence electrons. The van der Waals surface area contributed by atoms with Crippen LogP contribution >= 0.6 is 0 Å². The third-order valence-corrected chi connectivity index (χ3v) is 3.79. The van der Waals surface area contributed by atoms with Gasteiger partial charge in [-0.1, -0.05) is 0 Å². The van der Waals surface area contributed by atoms with E-state index in [1.165, 1.54) is 16.8 Å². The normalized spacial score (nSPS) is 12.8. The van der Waals surface area contributed by atoms with E-state index >= 15 is 0 Å². The van der Waals surface area contributed by atoms with Gasteiger partial charge in [-0.3, -0.25) is 9.55 Å². The summed E-state index contributed by atoms with van der Waals surface area (Å²) in [6, 6.07) is 2.37. The number of benzene rings is 1. The Hall–Kier alpha value is -3.10. The maximum atomic E-state index is 13.8. The molecule has 1 N–H and O–H groups in total. The molecule has 2 aromatic heterocycles. The molecule has 0 radical (unpaired) electrons. The predicted molar refractivity (Wildman–Crippen MR) is 96.5 cm³/mol. The summed E-state index contributed by atoms with van der Waals surface area (Å²) in [5.41, 5.74) is -0.0978. The number of amides is 1. The van der Waals surface area contributed by atoms with E-state index in [1.807, 2.05) is 0 Å². The molecular formula is C19H19F3N4O2. The van der Waals surface area contributed by atoms with Gasteiger partial charge in [0.2, 0.25) is 0 Å². The summed E-state index contributed by atoms with van der Waals surface area (Å²) < 4.78 is 47.9. The highest BCUT2D eigenvalue weighted by molar-refractivity contribution is 5.79. The Balaban J connectivity index is 2.10. The van der Waals surface area contributed by atoms with Crippen molar-refractivity contribution in [1.82, 2.24) is 19.9 Å². The zero-order chi connectivity index (χ0) is 20.6. The molecule has 2 heterocycles. The Morgan fingerprint density at radius 2 is 1.82 bits per heavy atom. The second-order valence-corrected chi connectivity index (χ2v) is 7.29. The molecule has 0 bridgehead atoms. The van der Waals surface area contributed by atoms with E-state index in [-0.39, 0.29) is 22.5 Å². The van der Waals surface area contributed by atoms with E-state index < -0.39 is 35.2 Å². The van der Waals surface area contributed by atoms with Crippen molar-refractivity contribution in [2.45, 2.75) is 39.3 Å². The van der Waals surface area contributed by atoms with Crippen LogP contribution in [0.5, 0.6) is 0 Å². The molecule has 0 saturated heterocycles. The van der Waals surface area contributed by atoms with Gasteiger partial charge in [0.15, 0.2) is 11.6 Å². The van der Waals surface area contributed by atoms with Gasteiger partial charge in [-0.15, -0.1) is 0 Å². The number of hydrogen-bond acceptors (Lipinski definition) is 4. The minimum Gasteiger partial charge on any atom is -0.444 e. The van der Waals surface area contributed by atoms with Gasteiger partial charge in [-0.05, 0) is 27.7 Å². The Bertz CT molecular complexity index is 1040. The number of pyridine rings is 1. The van der Waals surface area contributed by atoms with Crippen LogP contribution in [-0.2, 0) is 4.74 Å². The molecular weight excluding hydrogens is 373 g/mol. The maximum absolute atomic E-state index is 13.8. The second-order valence-electron chi connectivity index (χ2n) is 7.29. The fraction of sp³-hybridized carbons (Fsp3) is 0.316. The molecule has 0 spiro atoms. The number of ether oxygens (including phenoxy) is 1. The van der Waals surface area contributed by atoms with E-state index in [0.717, 1.165) is 18.3 Å². The number of aromatic nitrogens is 3. The number of halogens is 3. The Morgan fingerprint density at radius 1 is 1.14 bits per heavy atom. The van der Waals surface area contributed by atoms with E-state index in [4.69, 9.17) is 4.74 Å². The van der Waals surface area contributed by atoms with E-state index in [1.54, 1.807) is 27.7 Å². The zero-order valence-electron chi connectivity index (χ0n) is 15.8. The first-order chi connectivity index (χ1) is 13.0. The first kappa shape index (κ1) is 19.7. The number of imidazole rings is 1. The van der Waals surface area contributed by atoms with Crippen molar-refractivity contribution in [2.75, 3.05) is 0 Å². The number of rotatable bonds is 3. The predicted octanol–water partition coefficient (Wildman–Crippen LogP) is 4.42.